The van der Waals surface area contributed by atoms with Crippen LogP contribution in [0.25, 0.3) is 0 Å². The molecule has 0 unspecified atom stereocenters. The van der Waals surface area contributed by atoms with E-state index in [2.05, 4.69) is 0 Å². The summed E-state index contributed by atoms with van der Waals surface area (Å²) < 4.78 is 0. The van der Waals surface area contributed by atoms with E-state index in [1.54, 1.807) is 0 Å². The molecule has 1 rings (SSSR count). The average molecular weight is 225 g/mol. The maximum Gasteiger partial charge on any atom is 0.142 e. The third kappa shape index (κ3) is 3.07. The molecule has 0 heterocycles. The lowest BCUT2D eigenvalue weighted by Gasteiger charge is -2.17. The first kappa shape index (κ1) is 12.3. The highest BCUT2D eigenvalue weighted by molar-refractivity contribution is 6.32. The van der Waals surface area contributed by atoms with Crippen molar-refractivity contribution < 1.29 is 4.79 Å². The molecule has 0 spiro atoms. The van der Waals surface area contributed by atoms with Crippen molar-refractivity contribution in [2.45, 2.75) is 34.1 Å². The van der Waals surface area contributed by atoms with Gasteiger partial charge in [-0.25, -0.2) is 0 Å². The molecule has 0 aliphatic carbocycles. The second-order valence-corrected chi connectivity index (χ2v) is 5.28. The Morgan fingerprint density at radius 3 is 2.47 bits per heavy atom. The van der Waals surface area contributed by atoms with Gasteiger partial charge in [0, 0.05) is 16.9 Å². The monoisotopic (exact) mass is 224 g/mol. The van der Waals surface area contributed by atoms with Crippen LogP contribution >= 0.6 is 11.6 Å². The SMILES string of the molecule is Cc1cccc(CC(=O)C(C)(C)C)c1Cl. The molecule has 0 atom stereocenters. The van der Waals surface area contributed by atoms with Crippen LogP contribution in [0.4, 0.5) is 0 Å². The van der Waals surface area contributed by atoms with E-state index >= 15 is 0 Å². The Kier molecular flexibility index (Phi) is 3.56. The number of rotatable bonds is 2. The quantitative estimate of drug-likeness (QED) is 0.747. The first-order valence-electron chi connectivity index (χ1n) is 5.09. The molecule has 0 saturated heterocycles. The van der Waals surface area contributed by atoms with Gasteiger partial charge >= 0.3 is 0 Å². The summed E-state index contributed by atoms with van der Waals surface area (Å²) in [5.41, 5.74) is 1.65. The highest BCUT2D eigenvalue weighted by atomic mass is 35.5. The minimum Gasteiger partial charge on any atom is -0.299 e. The standard InChI is InChI=1S/C13H17ClO/c1-9-6-5-7-10(12(9)14)8-11(15)13(2,3)4/h5-7H,8H2,1-4H3. The van der Waals surface area contributed by atoms with Crippen molar-refractivity contribution in [3.05, 3.63) is 34.3 Å². The van der Waals surface area contributed by atoms with Crippen LogP contribution in [0.3, 0.4) is 0 Å². The largest absolute Gasteiger partial charge is 0.299 e. The summed E-state index contributed by atoms with van der Waals surface area (Å²) in [6, 6.07) is 5.80. The second-order valence-electron chi connectivity index (χ2n) is 4.90. The van der Waals surface area contributed by atoms with E-state index in [0.29, 0.717) is 6.42 Å². The Balaban J connectivity index is 2.91. The Hall–Kier alpha value is -0.820. The van der Waals surface area contributed by atoms with Crippen LogP contribution in [0, 0.1) is 12.3 Å². The number of Topliss-reactive ketones (excluding diaryl/α,β-unsaturated/α-hetero) is 1. The molecule has 1 aromatic carbocycles. The fourth-order valence-electron chi connectivity index (χ4n) is 1.28. The first-order chi connectivity index (χ1) is 6.82. The van der Waals surface area contributed by atoms with Crippen molar-refractivity contribution in [2.24, 2.45) is 5.41 Å². The zero-order chi connectivity index (χ0) is 11.6. The van der Waals surface area contributed by atoms with Crippen LogP contribution in [-0.4, -0.2) is 5.78 Å². The molecule has 0 amide bonds. The molecule has 1 nitrogen and oxygen atoms in total. The van der Waals surface area contributed by atoms with Gasteiger partial charge in [0.25, 0.3) is 0 Å². The Morgan fingerprint density at radius 1 is 1.33 bits per heavy atom. The number of ketones is 1. The molecule has 0 aliphatic heterocycles. The number of benzene rings is 1. The molecule has 82 valence electrons. The van der Waals surface area contributed by atoms with Crippen LogP contribution in [0.15, 0.2) is 18.2 Å². The number of carbonyl (C=O) groups is 1. The second kappa shape index (κ2) is 4.36. The lowest BCUT2D eigenvalue weighted by atomic mass is 9.87. The van der Waals surface area contributed by atoms with Crippen LogP contribution in [0.5, 0.6) is 0 Å². The van der Waals surface area contributed by atoms with E-state index in [1.807, 2.05) is 45.9 Å². The van der Waals surface area contributed by atoms with Gasteiger partial charge in [0.1, 0.15) is 5.78 Å². The Bertz CT molecular complexity index is 375. The molecule has 0 aromatic heterocycles. The predicted octanol–water partition coefficient (Wildman–Crippen LogP) is 3.81. The van der Waals surface area contributed by atoms with Gasteiger partial charge in [0.15, 0.2) is 0 Å². The molecule has 0 bridgehead atoms. The van der Waals surface area contributed by atoms with E-state index in [1.165, 1.54) is 0 Å². The average Bonchev–Trinajstić information content (AvgIpc) is 2.11. The van der Waals surface area contributed by atoms with Crippen molar-refractivity contribution in [1.29, 1.82) is 0 Å². The molecule has 0 aliphatic rings. The molecule has 1 aromatic rings. The summed E-state index contributed by atoms with van der Waals surface area (Å²) >= 11 is 6.14. The van der Waals surface area contributed by atoms with Gasteiger partial charge in [-0.05, 0) is 18.1 Å². The van der Waals surface area contributed by atoms with Gasteiger partial charge in [0.2, 0.25) is 0 Å². The highest BCUT2D eigenvalue weighted by Crippen LogP contribution is 2.24. The third-order valence-corrected chi connectivity index (χ3v) is 3.00. The van der Waals surface area contributed by atoms with Gasteiger partial charge in [-0.1, -0.05) is 50.6 Å². The number of hydrogen-bond donors (Lipinski definition) is 0. The number of aryl methyl sites for hydroxylation is 1. The molecular weight excluding hydrogens is 208 g/mol. The molecule has 0 fully saturated rings. The van der Waals surface area contributed by atoms with E-state index in [0.717, 1.165) is 16.1 Å². The normalized spacial score (nSPS) is 11.5. The molecule has 15 heavy (non-hydrogen) atoms. The van der Waals surface area contributed by atoms with Gasteiger partial charge < -0.3 is 0 Å². The van der Waals surface area contributed by atoms with E-state index in [9.17, 15) is 4.79 Å². The minimum atomic E-state index is -0.299. The summed E-state index contributed by atoms with van der Waals surface area (Å²) in [4.78, 5) is 11.8. The van der Waals surface area contributed by atoms with Crippen LogP contribution in [0.2, 0.25) is 5.02 Å². The van der Waals surface area contributed by atoms with Crippen LogP contribution in [-0.2, 0) is 11.2 Å². The smallest absolute Gasteiger partial charge is 0.142 e. The topological polar surface area (TPSA) is 17.1 Å². The van der Waals surface area contributed by atoms with Gasteiger partial charge in [0.05, 0.1) is 0 Å². The lowest BCUT2D eigenvalue weighted by molar-refractivity contribution is -0.125. The predicted molar refractivity (Wildman–Crippen MR) is 64.4 cm³/mol. The Labute approximate surface area is 96.5 Å². The number of hydrogen-bond acceptors (Lipinski definition) is 1. The van der Waals surface area contributed by atoms with Crippen molar-refractivity contribution in [2.75, 3.05) is 0 Å². The minimum absolute atomic E-state index is 0.218. The summed E-state index contributed by atoms with van der Waals surface area (Å²) in [5.74, 6) is 0.218. The van der Waals surface area contributed by atoms with Gasteiger partial charge in [-0.3, -0.25) is 4.79 Å². The first-order valence-corrected chi connectivity index (χ1v) is 5.47. The van der Waals surface area contributed by atoms with Crippen molar-refractivity contribution in [3.63, 3.8) is 0 Å². The maximum atomic E-state index is 11.8. The summed E-state index contributed by atoms with van der Waals surface area (Å²) in [6.45, 7) is 7.74. The molecule has 2 heteroatoms. The lowest BCUT2D eigenvalue weighted by Crippen LogP contribution is -2.22. The van der Waals surface area contributed by atoms with Gasteiger partial charge in [-0.15, -0.1) is 0 Å². The Morgan fingerprint density at radius 2 is 1.93 bits per heavy atom. The number of carbonyl (C=O) groups excluding carboxylic acids is 1. The number of halogens is 1. The van der Waals surface area contributed by atoms with Crippen molar-refractivity contribution in [1.82, 2.24) is 0 Å². The van der Waals surface area contributed by atoms with E-state index in [4.69, 9.17) is 11.6 Å². The fourth-order valence-corrected chi connectivity index (χ4v) is 1.48. The van der Waals surface area contributed by atoms with Crippen molar-refractivity contribution in [3.8, 4) is 0 Å². The summed E-state index contributed by atoms with van der Waals surface area (Å²) in [6.07, 6.45) is 0.421. The van der Waals surface area contributed by atoms with Crippen molar-refractivity contribution >= 4 is 17.4 Å². The van der Waals surface area contributed by atoms with E-state index in [-0.39, 0.29) is 11.2 Å². The fraction of sp³-hybridized carbons (Fsp3) is 0.462. The molecular formula is C13H17ClO. The van der Waals surface area contributed by atoms with Crippen LogP contribution in [0.1, 0.15) is 31.9 Å². The molecule has 0 saturated carbocycles. The highest BCUT2D eigenvalue weighted by Gasteiger charge is 2.22. The summed E-state index contributed by atoms with van der Waals surface area (Å²) in [5, 5.41) is 0.718. The zero-order valence-corrected chi connectivity index (χ0v) is 10.5. The summed E-state index contributed by atoms with van der Waals surface area (Å²) in [7, 11) is 0. The molecule has 0 N–H and O–H groups in total. The van der Waals surface area contributed by atoms with Gasteiger partial charge in [-0.2, -0.15) is 0 Å². The van der Waals surface area contributed by atoms with E-state index < -0.39 is 0 Å². The molecule has 0 radical (unpaired) electrons. The third-order valence-electron chi connectivity index (χ3n) is 2.46. The van der Waals surface area contributed by atoms with Crippen LogP contribution < -0.4 is 0 Å². The maximum absolute atomic E-state index is 11.8. The zero-order valence-electron chi connectivity index (χ0n) is 9.73.